The third-order valence-electron chi connectivity index (χ3n) is 6.89. The molecule has 1 unspecified atom stereocenters. The van der Waals surface area contributed by atoms with Crippen molar-refractivity contribution in [1.82, 2.24) is 10.2 Å². The zero-order valence-corrected chi connectivity index (χ0v) is 25.3. The Balaban J connectivity index is 1.11. The maximum absolute atomic E-state index is 13.1. The van der Waals surface area contributed by atoms with Crippen molar-refractivity contribution in [1.29, 1.82) is 0 Å². The molecule has 4 rings (SSSR count). The summed E-state index contributed by atoms with van der Waals surface area (Å²) in [7, 11) is -7.64. The molecule has 234 valence electrons. The highest BCUT2D eigenvalue weighted by molar-refractivity contribution is 7.91. The van der Waals surface area contributed by atoms with E-state index in [-0.39, 0.29) is 86.7 Å². The Morgan fingerprint density at radius 2 is 1.47 bits per heavy atom. The minimum absolute atomic E-state index is 0.0146. The van der Waals surface area contributed by atoms with Crippen LogP contribution in [-0.2, 0) is 54.5 Å². The van der Waals surface area contributed by atoms with Crippen LogP contribution in [0.25, 0.3) is 0 Å². The van der Waals surface area contributed by atoms with Gasteiger partial charge in [0.2, 0.25) is 11.8 Å². The highest BCUT2D eigenvalue weighted by atomic mass is 32.2. The number of rotatable bonds is 16. The average molecular weight is 639 g/mol. The predicted molar refractivity (Wildman–Crippen MR) is 151 cm³/mol. The van der Waals surface area contributed by atoms with E-state index in [1.54, 1.807) is 12.1 Å². The molecule has 0 bridgehead atoms. The maximum atomic E-state index is 13.1. The van der Waals surface area contributed by atoms with Crippen molar-refractivity contribution in [3.8, 4) is 0 Å². The van der Waals surface area contributed by atoms with E-state index in [2.05, 4.69) is 5.32 Å². The molecule has 0 saturated carbocycles. The highest BCUT2D eigenvalue weighted by Crippen LogP contribution is 2.32. The van der Waals surface area contributed by atoms with Crippen LogP contribution in [0.4, 0.5) is 0 Å². The lowest BCUT2D eigenvalue weighted by atomic mass is 10.0. The van der Waals surface area contributed by atoms with Crippen LogP contribution in [-0.4, -0.2) is 97.5 Å². The van der Waals surface area contributed by atoms with Crippen LogP contribution in [0.1, 0.15) is 34.3 Å². The second kappa shape index (κ2) is 14.5. The lowest BCUT2D eigenvalue weighted by molar-refractivity contribution is -0.136. The van der Waals surface area contributed by atoms with Gasteiger partial charge < -0.3 is 19.1 Å². The number of nitrogens with one attached hydrogen (secondary N) is 1. The topological polar surface area (TPSA) is 172 Å². The van der Waals surface area contributed by atoms with Crippen LogP contribution in [0.15, 0.2) is 52.3 Å². The summed E-state index contributed by atoms with van der Waals surface area (Å²) < 4.78 is 71.4. The van der Waals surface area contributed by atoms with Gasteiger partial charge in [0.1, 0.15) is 6.04 Å². The highest BCUT2D eigenvalue weighted by Gasteiger charge is 2.41. The van der Waals surface area contributed by atoms with Crippen molar-refractivity contribution in [2.24, 2.45) is 0 Å². The molecule has 13 nitrogen and oxygen atoms in total. The summed E-state index contributed by atoms with van der Waals surface area (Å²) in [6, 6.07) is 9.94. The fraction of sp³-hybridized carbons (Fsp3) is 0.464. The smallest absolute Gasteiger partial charge is 0.297 e. The van der Waals surface area contributed by atoms with Gasteiger partial charge in [-0.25, -0.2) is 8.42 Å². The Hall–Kier alpha value is -3.21. The molecule has 43 heavy (non-hydrogen) atoms. The molecule has 1 saturated heterocycles. The number of aryl methyl sites for hydroxylation is 1. The molecular formula is C28H34N2O11S2. The van der Waals surface area contributed by atoms with Gasteiger partial charge in [-0.05, 0) is 37.6 Å². The summed E-state index contributed by atoms with van der Waals surface area (Å²) in [5.41, 5.74) is 1.49. The second-order valence-electron chi connectivity index (χ2n) is 9.93. The molecule has 0 spiro atoms. The van der Waals surface area contributed by atoms with E-state index in [0.29, 0.717) is 5.56 Å². The molecule has 1 N–H and O–H groups in total. The van der Waals surface area contributed by atoms with E-state index in [9.17, 15) is 31.2 Å². The van der Waals surface area contributed by atoms with E-state index >= 15 is 0 Å². The molecular weight excluding hydrogens is 604 g/mol. The normalized spacial score (nSPS) is 17.3. The first kappa shape index (κ1) is 32.7. The number of piperidine rings is 1. The largest absolute Gasteiger partial charge is 0.378 e. The zero-order valence-electron chi connectivity index (χ0n) is 23.7. The first-order valence-corrected chi connectivity index (χ1v) is 16.7. The van der Waals surface area contributed by atoms with Crippen LogP contribution in [0.3, 0.4) is 0 Å². The molecule has 3 amide bonds. The molecule has 0 aliphatic carbocycles. The summed E-state index contributed by atoms with van der Waals surface area (Å²) in [6.07, 6.45) is 0.286. The van der Waals surface area contributed by atoms with Gasteiger partial charge in [-0.15, -0.1) is 0 Å². The Kier molecular flexibility index (Phi) is 11.0. The lowest BCUT2D eigenvalue weighted by Crippen LogP contribution is -2.52. The van der Waals surface area contributed by atoms with E-state index in [4.69, 9.17) is 18.4 Å². The van der Waals surface area contributed by atoms with Gasteiger partial charge in [-0.2, -0.15) is 8.42 Å². The first-order valence-electron chi connectivity index (χ1n) is 13.7. The van der Waals surface area contributed by atoms with Gasteiger partial charge >= 0.3 is 0 Å². The molecule has 2 aliphatic rings. The lowest BCUT2D eigenvalue weighted by Gasteiger charge is -2.29. The summed E-state index contributed by atoms with van der Waals surface area (Å²) in [5, 5.41) is 2.22. The average Bonchev–Trinajstić information content (AvgIpc) is 3.29. The van der Waals surface area contributed by atoms with Crippen molar-refractivity contribution >= 4 is 37.7 Å². The van der Waals surface area contributed by atoms with Gasteiger partial charge in [-0.3, -0.25) is 23.9 Å². The number of sulfone groups is 1. The Bertz CT molecular complexity index is 1540. The number of ether oxygens (including phenoxy) is 3. The molecule has 2 aliphatic heterocycles. The molecule has 1 fully saturated rings. The molecule has 2 aromatic rings. The second-order valence-corrected chi connectivity index (χ2v) is 13.6. The third kappa shape index (κ3) is 8.46. The monoisotopic (exact) mass is 638 g/mol. The molecule has 2 heterocycles. The van der Waals surface area contributed by atoms with E-state index in [1.165, 1.54) is 35.2 Å². The van der Waals surface area contributed by atoms with Gasteiger partial charge in [0.15, 0.2) is 9.84 Å². The van der Waals surface area contributed by atoms with E-state index in [1.807, 2.05) is 6.92 Å². The summed E-state index contributed by atoms with van der Waals surface area (Å²) >= 11 is 0. The summed E-state index contributed by atoms with van der Waals surface area (Å²) in [5.74, 6) is -1.73. The van der Waals surface area contributed by atoms with Gasteiger partial charge in [0, 0.05) is 24.1 Å². The fourth-order valence-electron chi connectivity index (χ4n) is 4.64. The standard InChI is InChI=1S/C28H34N2O11S2/c1-20-5-7-21(8-6-20)43(36,37)41-16-15-39-12-11-38-13-14-40-17-18-42(34,35)25-4-2-3-22-23(25)19-30(28(22)33)24-9-10-26(31)29-27(24)32/h2-8,24H,9-19H2,1H3,(H,29,31,32). The third-order valence-corrected chi connectivity index (χ3v) is 9.97. The Morgan fingerprint density at radius 1 is 0.837 bits per heavy atom. The van der Waals surface area contributed by atoms with Crippen LogP contribution in [0, 0.1) is 6.92 Å². The molecule has 1 atom stereocenters. The number of hydrogen-bond acceptors (Lipinski definition) is 11. The summed E-state index contributed by atoms with van der Waals surface area (Å²) in [6.45, 7) is 2.40. The van der Waals surface area contributed by atoms with Crippen LogP contribution in [0.2, 0.25) is 0 Å². The van der Waals surface area contributed by atoms with Crippen molar-refractivity contribution < 1.29 is 49.6 Å². The van der Waals surface area contributed by atoms with Crippen LogP contribution in [0.5, 0.6) is 0 Å². The van der Waals surface area contributed by atoms with E-state index < -0.39 is 43.7 Å². The van der Waals surface area contributed by atoms with E-state index in [0.717, 1.165) is 5.56 Å². The summed E-state index contributed by atoms with van der Waals surface area (Å²) in [4.78, 5) is 38.1. The predicted octanol–water partition coefficient (Wildman–Crippen LogP) is 0.985. The van der Waals surface area contributed by atoms with Gasteiger partial charge in [-0.1, -0.05) is 23.8 Å². The van der Waals surface area contributed by atoms with Crippen molar-refractivity contribution in [2.75, 3.05) is 52.0 Å². The minimum atomic E-state index is -3.84. The molecule has 0 radical (unpaired) electrons. The van der Waals surface area contributed by atoms with Gasteiger partial charge in [0.05, 0.1) is 61.8 Å². The molecule has 2 aromatic carbocycles. The number of amides is 3. The fourth-order valence-corrected chi connectivity index (χ4v) is 6.93. The Labute approximate surface area is 250 Å². The zero-order chi connectivity index (χ0) is 31.0. The number of hydrogen-bond donors (Lipinski definition) is 1. The molecule has 15 heteroatoms. The minimum Gasteiger partial charge on any atom is -0.378 e. The number of nitrogens with zero attached hydrogens (tertiary/aromatic N) is 1. The Morgan fingerprint density at radius 3 is 2.12 bits per heavy atom. The van der Waals surface area contributed by atoms with Crippen molar-refractivity contribution in [3.05, 3.63) is 59.2 Å². The number of carbonyl (C=O) groups excluding carboxylic acids is 3. The number of carbonyl (C=O) groups is 3. The number of benzene rings is 2. The van der Waals surface area contributed by atoms with Crippen LogP contribution >= 0.6 is 0 Å². The van der Waals surface area contributed by atoms with Crippen molar-refractivity contribution in [3.63, 3.8) is 0 Å². The number of imide groups is 1. The van der Waals surface area contributed by atoms with Gasteiger partial charge in [0.25, 0.3) is 16.0 Å². The number of fused-ring (bicyclic) bond motifs is 1. The quantitative estimate of drug-likeness (QED) is 0.158. The molecule has 0 aromatic heterocycles. The van der Waals surface area contributed by atoms with Crippen LogP contribution < -0.4 is 5.32 Å². The SMILES string of the molecule is Cc1ccc(S(=O)(=O)OCCOCCOCCOCCS(=O)(=O)c2cccc3c2CN(C2CCC(=O)NC2=O)C3=O)cc1. The maximum Gasteiger partial charge on any atom is 0.297 e. The van der Waals surface area contributed by atoms with Crippen molar-refractivity contribution in [2.45, 2.75) is 42.1 Å². The first-order chi connectivity index (χ1) is 20.5.